The van der Waals surface area contributed by atoms with E-state index in [2.05, 4.69) is 31.5 Å². The van der Waals surface area contributed by atoms with Crippen molar-refractivity contribution in [1.29, 1.82) is 0 Å². The summed E-state index contributed by atoms with van der Waals surface area (Å²) < 4.78 is 9.66. The molecule has 0 saturated carbocycles. The molecule has 0 aliphatic rings. The normalized spacial score (nSPS) is 10.2. The highest BCUT2D eigenvalue weighted by molar-refractivity contribution is 7.80. The van der Waals surface area contributed by atoms with Crippen LogP contribution >= 0.6 is 25.3 Å². The maximum absolute atomic E-state index is 4.87. The van der Waals surface area contributed by atoms with Crippen LogP contribution in [0.1, 0.15) is 0 Å². The summed E-state index contributed by atoms with van der Waals surface area (Å²) in [6.45, 7) is 1.14. The molecular weight excluding hydrogens is 168 g/mol. The molecule has 59 valence electrons. The lowest BCUT2D eigenvalue weighted by Gasteiger charge is -1.95. The second-order valence-electron chi connectivity index (χ2n) is 1.40. The molecule has 0 heterocycles. The maximum Gasteiger partial charge on any atom is 0.199 e. The lowest BCUT2D eigenvalue weighted by atomic mass is 10.8. The molecule has 0 bridgehead atoms. The monoisotopic (exact) mass is 179 g/mol. The van der Waals surface area contributed by atoms with Gasteiger partial charge in [0.2, 0.25) is 0 Å². The Hall–Kier alpha value is 0.0400. The van der Waals surface area contributed by atoms with E-state index in [0.29, 0.717) is 24.7 Å². The summed E-state index contributed by atoms with van der Waals surface area (Å²) >= 11 is 7.87. The summed E-state index contributed by atoms with van der Waals surface area (Å²) in [5, 5.41) is 0. The third kappa shape index (κ3) is 8.04. The van der Waals surface area contributed by atoms with Gasteiger partial charge in [0.25, 0.3) is 0 Å². The standard InChI is InChI=1S/C6H11O2S2/c9-5-3-7-1-2-8-4-6-10/h1,9-10H,3-6H2. The van der Waals surface area contributed by atoms with Gasteiger partial charge in [-0.3, -0.25) is 0 Å². The number of rotatable bonds is 6. The fourth-order valence-corrected chi connectivity index (χ4v) is 0.481. The zero-order chi connectivity index (χ0) is 7.66. The number of hydrogen-bond donors (Lipinski definition) is 2. The topological polar surface area (TPSA) is 18.5 Å². The Balaban J connectivity index is 2.89. The minimum Gasteiger partial charge on any atom is -0.496 e. The van der Waals surface area contributed by atoms with E-state index in [1.54, 1.807) is 0 Å². The first kappa shape index (κ1) is 10.0. The van der Waals surface area contributed by atoms with Crippen LogP contribution in [0, 0.1) is 6.26 Å². The highest BCUT2D eigenvalue weighted by Crippen LogP contribution is 1.82. The number of hydrogen-bond acceptors (Lipinski definition) is 4. The van der Waals surface area contributed by atoms with E-state index in [1.807, 2.05) is 0 Å². The molecule has 0 aliphatic carbocycles. The summed E-state index contributed by atoms with van der Waals surface area (Å²) in [4.78, 5) is 0. The largest absolute Gasteiger partial charge is 0.496 e. The Morgan fingerprint density at radius 1 is 1.20 bits per heavy atom. The first-order valence-corrected chi connectivity index (χ1v) is 4.20. The lowest BCUT2D eigenvalue weighted by Crippen LogP contribution is -1.90. The van der Waals surface area contributed by atoms with Crippen molar-refractivity contribution in [3.63, 3.8) is 0 Å². The summed E-state index contributed by atoms with van der Waals surface area (Å²) in [7, 11) is 0. The maximum atomic E-state index is 4.87. The van der Waals surface area contributed by atoms with Crippen molar-refractivity contribution in [1.82, 2.24) is 0 Å². The van der Waals surface area contributed by atoms with Crippen LogP contribution in [0.25, 0.3) is 0 Å². The molecule has 0 atom stereocenters. The van der Waals surface area contributed by atoms with Crippen LogP contribution in [0.5, 0.6) is 0 Å². The molecule has 0 rings (SSSR count). The SMILES string of the molecule is SCCO[C]=COCCS. The van der Waals surface area contributed by atoms with Crippen LogP contribution in [0.4, 0.5) is 0 Å². The molecule has 0 spiro atoms. The summed E-state index contributed by atoms with van der Waals surface area (Å²) in [6.07, 6.45) is 3.88. The first-order chi connectivity index (χ1) is 4.91. The predicted octanol–water partition coefficient (Wildman–Crippen LogP) is 1.15. The van der Waals surface area contributed by atoms with Crippen molar-refractivity contribution in [2.75, 3.05) is 24.7 Å². The van der Waals surface area contributed by atoms with Crippen LogP contribution in [0.3, 0.4) is 0 Å². The predicted molar refractivity (Wildman–Crippen MR) is 47.4 cm³/mol. The molecule has 2 nitrogen and oxygen atoms in total. The minimum atomic E-state index is 0.559. The van der Waals surface area contributed by atoms with Crippen molar-refractivity contribution in [3.05, 3.63) is 12.5 Å². The van der Waals surface area contributed by atoms with E-state index in [4.69, 9.17) is 9.47 Å². The zero-order valence-corrected chi connectivity index (χ0v) is 7.41. The molecule has 10 heavy (non-hydrogen) atoms. The smallest absolute Gasteiger partial charge is 0.199 e. The lowest BCUT2D eigenvalue weighted by molar-refractivity contribution is 0.208. The molecule has 4 heteroatoms. The fourth-order valence-electron chi connectivity index (χ4n) is 0.284. The van der Waals surface area contributed by atoms with E-state index in [-0.39, 0.29) is 0 Å². The molecule has 0 N–H and O–H groups in total. The van der Waals surface area contributed by atoms with Gasteiger partial charge >= 0.3 is 0 Å². The molecule has 0 aromatic carbocycles. The second kappa shape index (κ2) is 9.04. The Morgan fingerprint density at radius 3 is 2.50 bits per heavy atom. The van der Waals surface area contributed by atoms with Gasteiger partial charge in [0, 0.05) is 11.5 Å². The average Bonchev–Trinajstić information content (AvgIpc) is 1.97. The van der Waals surface area contributed by atoms with Crippen molar-refractivity contribution < 1.29 is 9.47 Å². The third-order valence-electron chi connectivity index (χ3n) is 0.617. The molecule has 0 aliphatic heterocycles. The van der Waals surface area contributed by atoms with Crippen LogP contribution in [0.2, 0.25) is 0 Å². The molecular formula is C6H11O2S2. The molecule has 0 aromatic heterocycles. The van der Waals surface area contributed by atoms with Crippen molar-refractivity contribution in [2.24, 2.45) is 0 Å². The quantitative estimate of drug-likeness (QED) is 0.362. The molecule has 0 aromatic rings. The highest BCUT2D eigenvalue weighted by atomic mass is 32.1. The van der Waals surface area contributed by atoms with Crippen molar-refractivity contribution >= 4 is 25.3 Å². The molecule has 0 saturated heterocycles. The Kier molecular flexibility index (Phi) is 9.08. The van der Waals surface area contributed by atoms with Crippen LogP contribution in [0.15, 0.2) is 6.26 Å². The molecule has 0 amide bonds. The number of ether oxygens (including phenoxy) is 2. The zero-order valence-electron chi connectivity index (χ0n) is 5.62. The van der Waals surface area contributed by atoms with Crippen molar-refractivity contribution in [2.45, 2.75) is 0 Å². The average molecular weight is 179 g/mol. The molecule has 0 unspecified atom stereocenters. The summed E-state index contributed by atoms with van der Waals surface area (Å²) in [5.74, 6) is 1.39. The van der Waals surface area contributed by atoms with Gasteiger partial charge in [-0.2, -0.15) is 25.3 Å². The highest BCUT2D eigenvalue weighted by Gasteiger charge is 1.78. The summed E-state index contributed by atoms with van der Waals surface area (Å²) in [6, 6.07) is 0. The van der Waals surface area contributed by atoms with Crippen LogP contribution in [-0.4, -0.2) is 24.7 Å². The van der Waals surface area contributed by atoms with Gasteiger partial charge in [-0.15, -0.1) is 0 Å². The van der Waals surface area contributed by atoms with Crippen LogP contribution in [-0.2, 0) is 9.47 Å². The Bertz CT molecular complexity index is 75.8. The van der Waals surface area contributed by atoms with Gasteiger partial charge in [-0.25, -0.2) is 0 Å². The van der Waals surface area contributed by atoms with Gasteiger partial charge in [-0.05, 0) is 0 Å². The third-order valence-corrected chi connectivity index (χ3v) is 0.982. The van der Waals surface area contributed by atoms with Gasteiger partial charge in [0.1, 0.15) is 6.26 Å². The van der Waals surface area contributed by atoms with Crippen molar-refractivity contribution in [3.8, 4) is 0 Å². The van der Waals surface area contributed by atoms with Gasteiger partial charge < -0.3 is 9.47 Å². The van der Waals surface area contributed by atoms with E-state index in [9.17, 15) is 0 Å². The number of thiol groups is 2. The molecule has 0 fully saturated rings. The van der Waals surface area contributed by atoms with Gasteiger partial charge in [0.05, 0.1) is 13.2 Å². The second-order valence-corrected chi connectivity index (χ2v) is 2.30. The minimum absolute atomic E-state index is 0.559. The summed E-state index contributed by atoms with van der Waals surface area (Å²) in [5.41, 5.74) is 0. The Morgan fingerprint density at radius 2 is 1.90 bits per heavy atom. The van der Waals surface area contributed by atoms with E-state index in [1.165, 1.54) is 6.26 Å². The van der Waals surface area contributed by atoms with Crippen LogP contribution < -0.4 is 0 Å². The van der Waals surface area contributed by atoms with E-state index >= 15 is 0 Å². The first-order valence-electron chi connectivity index (χ1n) is 2.94. The van der Waals surface area contributed by atoms with Gasteiger partial charge in [0.15, 0.2) is 6.26 Å². The van der Waals surface area contributed by atoms with E-state index in [0.717, 1.165) is 0 Å². The molecule has 1 radical (unpaired) electrons. The van der Waals surface area contributed by atoms with Gasteiger partial charge in [-0.1, -0.05) is 0 Å². The van der Waals surface area contributed by atoms with E-state index < -0.39 is 0 Å². The Labute approximate surface area is 72.4 Å². The fraction of sp³-hybridized carbons (Fsp3) is 0.667.